The van der Waals surface area contributed by atoms with Crippen molar-refractivity contribution in [1.29, 1.82) is 5.26 Å². The van der Waals surface area contributed by atoms with Gasteiger partial charge in [0.2, 0.25) is 0 Å². The van der Waals surface area contributed by atoms with Crippen LogP contribution in [0.15, 0.2) is 40.8 Å². The molecule has 0 saturated carbocycles. The first-order chi connectivity index (χ1) is 9.24. The van der Waals surface area contributed by atoms with Crippen LogP contribution in [-0.4, -0.2) is 12.5 Å². The molecule has 0 bridgehead atoms. The fourth-order valence-electron chi connectivity index (χ4n) is 1.68. The highest BCUT2D eigenvalue weighted by molar-refractivity contribution is 5.92. The number of nitrogens with one attached hydrogen (secondary N) is 1. The molecule has 0 radical (unpaired) electrons. The van der Waals surface area contributed by atoms with Crippen LogP contribution in [0.3, 0.4) is 0 Å². The zero-order valence-corrected chi connectivity index (χ0v) is 10.6. The highest BCUT2D eigenvalue weighted by Crippen LogP contribution is 2.22. The van der Waals surface area contributed by atoms with E-state index < -0.39 is 0 Å². The Kier molecular flexibility index (Phi) is 3.99. The number of nitrogens with zero attached hydrogens (tertiary/aromatic N) is 1. The quantitative estimate of drug-likeness (QED) is 0.912. The molecule has 4 nitrogen and oxygen atoms in total. The molecule has 2 rings (SSSR count). The summed E-state index contributed by atoms with van der Waals surface area (Å²) in [6.45, 7) is 2.61. The highest BCUT2D eigenvalue weighted by Gasteiger charge is 2.11. The van der Waals surface area contributed by atoms with Crippen molar-refractivity contribution in [2.45, 2.75) is 13.3 Å². The van der Waals surface area contributed by atoms with Gasteiger partial charge in [0.05, 0.1) is 11.6 Å². The van der Waals surface area contributed by atoms with Crippen LogP contribution in [0.2, 0.25) is 0 Å². The van der Waals surface area contributed by atoms with Gasteiger partial charge < -0.3 is 9.73 Å². The second-order valence-electron chi connectivity index (χ2n) is 4.11. The first-order valence-corrected chi connectivity index (χ1v) is 6.13. The van der Waals surface area contributed by atoms with Gasteiger partial charge in [-0.1, -0.05) is 19.1 Å². The predicted molar refractivity (Wildman–Crippen MR) is 71.5 cm³/mol. The lowest BCUT2D eigenvalue weighted by atomic mass is 10.1. The third-order valence-corrected chi connectivity index (χ3v) is 2.64. The summed E-state index contributed by atoms with van der Waals surface area (Å²) in [4.78, 5) is 11.7. The van der Waals surface area contributed by atoms with Crippen molar-refractivity contribution in [3.05, 3.63) is 47.7 Å². The lowest BCUT2D eigenvalue weighted by Crippen LogP contribution is -2.23. The van der Waals surface area contributed by atoms with Gasteiger partial charge in [-0.25, -0.2) is 0 Å². The molecular formula is C15H14N2O2. The Morgan fingerprint density at radius 2 is 2.21 bits per heavy atom. The number of nitriles is 1. The molecule has 0 spiro atoms. The Bertz CT molecular complexity index is 623. The Hall–Kier alpha value is -2.54. The van der Waals surface area contributed by atoms with Gasteiger partial charge in [0.25, 0.3) is 5.91 Å². The van der Waals surface area contributed by atoms with Crippen LogP contribution in [0.5, 0.6) is 0 Å². The molecule has 1 aromatic carbocycles. The lowest BCUT2D eigenvalue weighted by Gasteiger charge is -2.00. The zero-order valence-electron chi connectivity index (χ0n) is 10.6. The summed E-state index contributed by atoms with van der Waals surface area (Å²) in [6, 6.07) is 12.5. The van der Waals surface area contributed by atoms with Crippen LogP contribution in [0.1, 0.15) is 29.5 Å². The van der Waals surface area contributed by atoms with Gasteiger partial charge in [-0.3, -0.25) is 4.79 Å². The fourth-order valence-corrected chi connectivity index (χ4v) is 1.68. The fraction of sp³-hybridized carbons (Fsp3) is 0.200. The summed E-state index contributed by atoms with van der Waals surface area (Å²) in [6.07, 6.45) is 0.878. The summed E-state index contributed by atoms with van der Waals surface area (Å²) >= 11 is 0. The molecule has 0 aliphatic carbocycles. The summed E-state index contributed by atoms with van der Waals surface area (Å²) in [7, 11) is 0. The molecule has 1 heterocycles. The van der Waals surface area contributed by atoms with Crippen molar-refractivity contribution >= 4 is 5.91 Å². The van der Waals surface area contributed by atoms with Crippen LogP contribution in [0.25, 0.3) is 11.3 Å². The molecule has 0 unspecified atom stereocenters. The number of benzene rings is 1. The van der Waals surface area contributed by atoms with Crippen LogP contribution in [0, 0.1) is 11.3 Å². The van der Waals surface area contributed by atoms with Gasteiger partial charge in [0.15, 0.2) is 5.76 Å². The molecule has 96 valence electrons. The van der Waals surface area contributed by atoms with E-state index in [1.165, 1.54) is 0 Å². The Labute approximate surface area is 111 Å². The lowest BCUT2D eigenvalue weighted by molar-refractivity contribution is 0.0927. The van der Waals surface area contributed by atoms with Gasteiger partial charge in [-0.2, -0.15) is 5.26 Å². The molecule has 0 saturated heterocycles. The van der Waals surface area contributed by atoms with E-state index in [-0.39, 0.29) is 11.7 Å². The monoisotopic (exact) mass is 254 g/mol. The standard InChI is InChI=1S/C15H14N2O2/c1-2-8-17-15(18)14-7-6-13(19-14)12-5-3-4-11(9-12)10-16/h3-7,9H,2,8H2,1H3,(H,17,18). The average molecular weight is 254 g/mol. The molecule has 0 aliphatic heterocycles. The van der Waals surface area contributed by atoms with E-state index in [0.29, 0.717) is 17.9 Å². The van der Waals surface area contributed by atoms with Crippen LogP contribution in [0.4, 0.5) is 0 Å². The van der Waals surface area contributed by atoms with E-state index in [1.807, 2.05) is 13.0 Å². The number of amides is 1. The molecule has 2 aromatic rings. The van der Waals surface area contributed by atoms with Gasteiger partial charge >= 0.3 is 0 Å². The Balaban J connectivity index is 2.21. The highest BCUT2D eigenvalue weighted by atomic mass is 16.3. The molecule has 19 heavy (non-hydrogen) atoms. The third kappa shape index (κ3) is 3.02. The summed E-state index contributed by atoms with van der Waals surface area (Å²) < 4.78 is 5.51. The first-order valence-electron chi connectivity index (χ1n) is 6.13. The molecule has 4 heteroatoms. The number of furan rings is 1. The molecule has 0 fully saturated rings. The normalized spacial score (nSPS) is 9.89. The summed E-state index contributed by atoms with van der Waals surface area (Å²) in [5.41, 5.74) is 1.35. The van der Waals surface area contributed by atoms with Crippen molar-refractivity contribution in [3.8, 4) is 17.4 Å². The van der Waals surface area contributed by atoms with E-state index >= 15 is 0 Å². The van der Waals surface area contributed by atoms with E-state index in [4.69, 9.17) is 9.68 Å². The SMILES string of the molecule is CCCNC(=O)c1ccc(-c2cccc(C#N)c2)o1. The number of carbonyl (C=O) groups is 1. The van der Waals surface area contributed by atoms with Crippen molar-refractivity contribution in [2.24, 2.45) is 0 Å². The minimum absolute atomic E-state index is 0.218. The molecule has 1 amide bonds. The molecule has 0 atom stereocenters. The number of hydrogen-bond donors (Lipinski definition) is 1. The van der Waals surface area contributed by atoms with Gasteiger partial charge in [0.1, 0.15) is 5.76 Å². The molecule has 0 aliphatic rings. The van der Waals surface area contributed by atoms with E-state index in [9.17, 15) is 4.79 Å². The maximum absolute atomic E-state index is 11.7. The Morgan fingerprint density at radius 1 is 1.37 bits per heavy atom. The van der Waals surface area contributed by atoms with Crippen molar-refractivity contribution in [2.75, 3.05) is 6.54 Å². The van der Waals surface area contributed by atoms with E-state index in [1.54, 1.807) is 30.3 Å². The minimum atomic E-state index is -0.218. The second-order valence-corrected chi connectivity index (χ2v) is 4.11. The van der Waals surface area contributed by atoms with E-state index in [2.05, 4.69) is 11.4 Å². The van der Waals surface area contributed by atoms with Crippen LogP contribution >= 0.6 is 0 Å². The van der Waals surface area contributed by atoms with E-state index in [0.717, 1.165) is 12.0 Å². The Morgan fingerprint density at radius 3 is 2.95 bits per heavy atom. The molecule has 1 aromatic heterocycles. The van der Waals surface area contributed by atoms with Gasteiger partial charge in [0, 0.05) is 12.1 Å². The number of carbonyl (C=O) groups excluding carboxylic acids is 1. The van der Waals surface area contributed by atoms with Crippen LogP contribution in [-0.2, 0) is 0 Å². The van der Waals surface area contributed by atoms with Crippen molar-refractivity contribution in [1.82, 2.24) is 5.32 Å². The molecular weight excluding hydrogens is 240 g/mol. The number of rotatable bonds is 4. The topological polar surface area (TPSA) is 66.0 Å². The van der Waals surface area contributed by atoms with Gasteiger partial charge in [-0.15, -0.1) is 0 Å². The van der Waals surface area contributed by atoms with Crippen molar-refractivity contribution < 1.29 is 9.21 Å². The van der Waals surface area contributed by atoms with Crippen molar-refractivity contribution in [3.63, 3.8) is 0 Å². The zero-order chi connectivity index (χ0) is 13.7. The molecule has 1 N–H and O–H groups in total. The smallest absolute Gasteiger partial charge is 0.287 e. The maximum Gasteiger partial charge on any atom is 0.287 e. The summed E-state index contributed by atoms with van der Waals surface area (Å²) in [5.74, 6) is 0.647. The maximum atomic E-state index is 11.7. The predicted octanol–water partition coefficient (Wildman–Crippen LogP) is 2.96. The minimum Gasteiger partial charge on any atom is -0.451 e. The van der Waals surface area contributed by atoms with Gasteiger partial charge in [-0.05, 0) is 30.7 Å². The average Bonchev–Trinajstić information content (AvgIpc) is 2.94. The third-order valence-electron chi connectivity index (χ3n) is 2.64. The summed E-state index contributed by atoms with van der Waals surface area (Å²) in [5, 5.41) is 11.6. The van der Waals surface area contributed by atoms with Crippen LogP contribution < -0.4 is 5.32 Å². The largest absolute Gasteiger partial charge is 0.451 e. The number of hydrogen-bond acceptors (Lipinski definition) is 3. The first kappa shape index (κ1) is 12.9. The second kappa shape index (κ2) is 5.87.